The second kappa shape index (κ2) is 41.1. The first-order valence-electron chi connectivity index (χ1n) is 55.9. The second-order valence-corrected chi connectivity index (χ2v) is 55.1. The molecule has 0 spiro atoms. The van der Waals surface area contributed by atoms with Crippen molar-refractivity contribution in [2.75, 3.05) is 6.61 Å². The van der Waals surface area contributed by atoms with Crippen LogP contribution in [0.3, 0.4) is 0 Å². The lowest BCUT2D eigenvalue weighted by Crippen LogP contribution is -2.54. The van der Waals surface area contributed by atoms with Crippen molar-refractivity contribution in [3.8, 4) is 0 Å². The summed E-state index contributed by atoms with van der Waals surface area (Å²) in [6.45, 7) is 83.4. The molecule has 3 unspecified atom stereocenters. The summed E-state index contributed by atoms with van der Waals surface area (Å²) in [6.07, 6.45) is 38.8. The Morgan fingerprint density at radius 1 is 0.336 bits per heavy atom. The van der Waals surface area contributed by atoms with Crippen LogP contribution in [0.4, 0.5) is 0 Å². The van der Waals surface area contributed by atoms with E-state index in [0.29, 0.717) is 156 Å². The zero-order chi connectivity index (χ0) is 106. The highest BCUT2D eigenvalue weighted by molar-refractivity contribution is 5.86. The fourth-order valence-electron chi connectivity index (χ4n) is 35.5. The van der Waals surface area contributed by atoms with E-state index in [1.807, 2.05) is 0 Å². The molecule has 17 heteroatoms. The average molecular weight is 1980 g/mol. The lowest BCUT2D eigenvalue weighted by Gasteiger charge is -2.61. The monoisotopic (exact) mass is 1980 g/mol. The summed E-state index contributed by atoms with van der Waals surface area (Å²) in [5, 5.41) is 67.8. The number of allylic oxidation sites excluding steroid dienone is 20. The van der Waals surface area contributed by atoms with Gasteiger partial charge in [0.25, 0.3) is 32.4 Å². The van der Waals surface area contributed by atoms with Gasteiger partial charge in [0.05, 0.1) is 43.2 Å². The van der Waals surface area contributed by atoms with E-state index in [0.717, 1.165) is 144 Å². The first kappa shape index (κ1) is 114. The van der Waals surface area contributed by atoms with Crippen LogP contribution in [0.2, 0.25) is 0 Å². The van der Waals surface area contributed by atoms with Gasteiger partial charge >= 0.3 is 0 Å². The highest BCUT2D eigenvalue weighted by atomic mass is 16.5. The summed E-state index contributed by atoms with van der Waals surface area (Å²) in [5.74, 6) is 3.34. The predicted octanol–water partition coefficient (Wildman–Crippen LogP) is 26.1. The Balaban J connectivity index is 0.000000160. The maximum absolute atomic E-state index is 12.8. The number of ether oxygens (including phenoxy) is 5. The van der Waals surface area contributed by atoms with Crippen molar-refractivity contribution in [2.45, 2.75) is 435 Å². The minimum Gasteiger partial charge on any atom is -0.468 e. The van der Waals surface area contributed by atoms with Gasteiger partial charge in [0, 0.05) is 57.2 Å². The molecule has 0 aromatic carbocycles. The van der Waals surface area contributed by atoms with E-state index in [2.05, 4.69) is 269 Å². The van der Waals surface area contributed by atoms with Crippen LogP contribution in [0.15, 0.2) is 142 Å². The van der Waals surface area contributed by atoms with E-state index < -0.39 is 24.4 Å². The Morgan fingerprint density at radius 3 is 0.832 bits per heavy atom. The molecule has 0 aromatic heterocycles. The van der Waals surface area contributed by atoms with Crippen molar-refractivity contribution in [3.63, 3.8) is 0 Å². The maximum atomic E-state index is 12.8. The lowest BCUT2D eigenvalue weighted by atomic mass is 9.43. The first-order valence-corrected chi connectivity index (χ1v) is 55.9. The quantitative estimate of drug-likeness (QED) is 0.0214. The molecule has 798 valence electrons. The molecule has 0 saturated heterocycles. The summed E-state index contributed by atoms with van der Waals surface area (Å²) in [6, 6.07) is 0. The van der Waals surface area contributed by atoms with Crippen LogP contribution < -0.4 is 0 Å². The number of Topliss-reactive ketones (excluding diaryl/α,β-unsaturated/α-hetero) is 1. The molecule has 0 bridgehead atoms. The number of carbonyl (C=O) groups is 6. The SMILES string of the molecule is C=C(CC[C@@H](OC=O)[C@H]1[C@H](O)C[C@@]2(C)C3=CC[C@H]4C(C)(C)C(=O)CC[C@]4(C)C3=CC[C@]12C)C(C)C.C=C(CC[C@@H](OC=O)[C@H]1[C@H](O)C[C@@]2(C)C3=CC[C@H]4C(C)(C)C(COC=O)CC[C@]4(C)C3=CC[C@]12C)C(C)C.C=C(CC[C@@H](OC=O)[C@H]1[C@H](O)C[C@@]2(C)C3=CC[C@H]4C(C)(C)C(O)CC[C@]4(C)C3=CC[C@]12C)C(C)C.C=C(CC[C@@H](OC=O)[C@H]1[C@H](O)C[C@@]2(C)C3=CC[C@H]4C(C)(C)C(O)CC[C@]4(C)C3=CC[C@]12C)C(C)C. The maximum Gasteiger partial charge on any atom is 0.293 e. The molecular weight excluding hydrogens is 1790 g/mol. The number of aliphatic hydroxyl groups excluding tert-OH is 6. The highest BCUT2D eigenvalue weighted by Gasteiger charge is 2.73. The van der Waals surface area contributed by atoms with E-state index in [-0.39, 0.29) is 147 Å². The number of hydrogen-bond acceptors (Lipinski definition) is 17. The van der Waals surface area contributed by atoms with E-state index >= 15 is 0 Å². The van der Waals surface area contributed by atoms with Crippen molar-refractivity contribution < 1.29 is 83.1 Å². The van der Waals surface area contributed by atoms with Crippen LogP contribution in [0.25, 0.3) is 0 Å². The van der Waals surface area contributed by atoms with E-state index in [1.165, 1.54) is 44.6 Å². The van der Waals surface area contributed by atoms with E-state index in [1.54, 1.807) is 0 Å². The molecule has 0 aromatic rings. The van der Waals surface area contributed by atoms with Gasteiger partial charge in [-0.15, -0.1) is 0 Å². The standard InChI is InChI=1S/C33H50O5.2C31H48O4.C31H46O4/c1-21(2)22(3)9-11-27(38-20-35)29-26(36)17-33(8)25-10-12-28-30(4,5)23(18-37-19-34)13-15-31(28,6)24(25)14-16-32(29,33)7;3*1-19(2)20(3)9-11-24(35-18-32)27-23(33)17-31(8)22-10-12-25-28(4,5)26(34)14-15-29(25,6)21(22)13-16-30(27,31)7/h10,14,19-21,23,26-29,36H,3,9,11-13,15-18H2,1-2,4-8H3;2*10,13,18-19,23-27,33-34H,3,9,11-12,14-17H2,1-2,4-8H3;10,13,18-19,23-25,27,33H,3,9,11-12,14-17H2,1-2,4-8H3/t23?,26-,27-,28+,29-,31-,32-,33+;2*23-,24-,25+,26?,27-,29-,30-,31+;23-,24-,25+,27-,29-,30-,31+/m1111/s1. The van der Waals surface area contributed by atoms with Crippen LogP contribution in [0, 0.1) is 164 Å². The van der Waals surface area contributed by atoms with Gasteiger partial charge in [-0.3, -0.25) is 28.8 Å². The van der Waals surface area contributed by atoms with E-state index in [9.17, 15) is 59.4 Å². The molecule has 6 N–H and O–H groups in total. The Labute approximate surface area is 862 Å². The molecule has 17 nitrogen and oxygen atoms in total. The number of rotatable bonds is 31. The van der Waals surface area contributed by atoms with Gasteiger partial charge in [0.1, 0.15) is 30.2 Å². The highest BCUT2D eigenvalue weighted by Crippen LogP contribution is 2.78. The third-order valence-corrected chi connectivity index (χ3v) is 46.3. The van der Waals surface area contributed by atoms with Gasteiger partial charge < -0.3 is 54.3 Å². The van der Waals surface area contributed by atoms with Gasteiger partial charge in [0.15, 0.2) is 0 Å². The molecule has 16 aliphatic carbocycles. The Bertz CT molecular complexity index is 4920. The number of fused-ring (bicyclic) bond motifs is 20. The summed E-state index contributed by atoms with van der Waals surface area (Å²) in [7, 11) is 0. The van der Waals surface area contributed by atoms with Gasteiger partial charge in [-0.25, -0.2) is 0 Å². The third kappa shape index (κ3) is 18.5. The van der Waals surface area contributed by atoms with Crippen LogP contribution in [-0.4, -0.2) is 136 Å². The second-order valence-electron chi connectivity index (χ2n) is 55.1. The van der Waals surface area contributed by atoms with Gasteiger partial charge in [-0.1, -0.05) is 291 Å². The predicted molar refractivity (Wildman–Crippen MR) is 570 cm³/mol. The Kier molecular flexibility index (Phi) is 32.7. The number of aliphatic hydroxyl groups is 6. The smallest absolute Gasteiger partial charge is 0.293 e. The molecule has 0 aliphatic heterocycles. The zero-order valence-electron chi connectivity index (χ0n) is 93.8. The van der Waals surface area contributed by atoms with Crippen molar-refractivity contribution >= 4 is 38.1 Å². The molecule has 16 aliphatic rings. The van der Waals surface area contributed by atoms with Gasteiger partial charge in [-0.2, -0.15) is 0 Å². The summed E-state index contributed by atoms with van der Waals surface area (Å²) in [5.41, 5.74) is 13.9. The Hall–Kier alpha value is -6.34. The summed E-state index contributed by atoms with van der Waals surface area (Å²) >= 11 is 0. The van der Waals surface area contributed by atoms with Crippen molar-refractivity contribution in [2.24, 2.45) is 164 Å². The molecular formula is C126H192O17. The minimum absolute atomic E-state index is 0.0252. The zero-order valence-corrected chi connectivity index (χ0v) is 93.8. The number of carbonyl (C=O) groups excluding carboxylic acids is 6. The largest absolute Gasteiger partial charge is 0.468 e. The summed E-state index contributed by atoms with van der Waals surface area (Å²) < 4.78 is 28.1. The van der Waals surface area contributed by atoms with Crippen molar-refractivity contribution in [3.05, 3.63) is 142 Å². The number of hydrogen-bond donors (Lipinski definition) is 6. The molecule has 143 heavy (non-hydrogen) atoms. The van der Waals surface area contributed by atoms with Gasteiger partial charge in [0.2, 0.25) is 0 Å². The van der Waals surface area contributed by atoms with Crippen LogP contribution in [-0.2, 0) is 52.5 Å². The molecule has 0 amide bonds. The van der Waals surface area contributed by atoms with Crippen LogP contribution >= 0.6 is 0 Å². The molecule has 8 saturated carbocycles. The first-order chi connectivity index (χ1) is 66.5. The molecule has 16 rings (SSSR count). The molecule has 8 fully saturated rings. The third-order valence-electron chi connectivity index (χ3n) is 46.3. The fraction of sp³-hybridized carbons (Fsp3) is 0.762. The average Bonchev–Trinajstić information content (AvgIpc) is 1.58. The van der Waals surface area contributed by atoms with Crippen molar-refractivity contribution in [1.82, 2.24) is 0 Å². The minimum atomic E-state index is -0.536. The molecule has 0 heterocycles. The van der Waals surface area contributed by atoms with Crippen LogP contribution in [0.5, 0.6) is 0 Å². The summed E-state index contributed by atoms with van der Waals surface area (Å²) in [4.78, 5) is 70.0. The van der Waals surface area contributed by atoms with E-state index in [4.69, 9.17) is 23.7 Å². The normalized spacial score (nSPS) is 41.6. The van der Waals surface area contributed by atoms with Crippen LogP contribution in [0.1, 0.15) is 374 Å². The number of ketones is 1. The van der Waals surface area contributed by atoms with Crippen molar-refractivity contribution in [1.29, 1.82) is 0 Å². The lowest BCUT2D eigenvalue weighted by molar-refractivity contribution is -0.144. The fourth-order valence-corrected chi connectivity index (χ4v) is 35.5. The molecule has 0 radical (unpaired) electrons. The topological polar surface area (TPSA) is 270 Å². The Morgan fingerprint density at radius 2 is 0.580 bits per heavy atom. The van der Waals surface area contributed by atoms with Gasteiger partial charge in [-0.05, 0) is 331 Å². The molecule has 31 atom stereocenters.